The average Bonchev–Trinajstić information content (AvgIpc) is 2.33. The molecule has 3 heteroatoms. The molecule has 1 aliphatic rings. The van der Waals surface area contributed by atoms with E-state index in [9.17, 15) is 0 Å². The van der Waals surface area contributed by atoms with Gasteiger partial charge in [0.25, 0.3) is 0 Å². The van der Waals surface area contributed by atoms with E-state index in [2.05, 4.69) is 5.32 Å². The number of rotatable bonds is 3. The number of ether oxygens (including phenoxy) is 1. The van der Waals surface area contributed by atoms with Crippen LogP contribution in [0.25, 0.3) is 0 Å². The van der Waals surface area contributed by atoms with Crippen LogP contribution in [-0.4, -0.2) is 31.8 Å². The molecule has 2 atom stereocenters. The van der Waals surface area contributed by atoms with Gasteiger partial charge in [0.05, 0.1) is 12.2 Å². The van der Waals surface area contributed by atoms with Crippen LogP contribution in [0, 0.1) is 0 Å². The number of hydrogen-bond donors (Lipinski definition) is 2. The van der Waals surface area contributed by atoms with Gasteiger partial charge in [0, 0.05) is 6.54 Å². The highest BCUT2D eigenvalue weighted by Crippen LogP contribution is 2.11. The molecule has 2 unspecified atom stereocenters. The molecule has 0 aromatic carbocycles. The van der Waals surface area contributed by atoms with Crippen LogP contribution in [-0.2, 0) is 4.74 Å². The molecule has 3 nitrogen and oxygen atoms in total. The van der Waals surface area contributed by atoms with Gasteiger partial charge in [-0.2, -0.15) is 0 Å². The van der Waals surface area contributed by atoms with Gasteiger partial charge in [0.2, 0.25) is 0 Å². The van der Waals surface area contributed by atoms with Crippen molar-refractivity contribution in [2.24, 2.45) is 5.73 Å². The summed E-state index contributed by atoms with van der Waals surface area (Å²) >= 11 is 0. The molecule has 72 valence electrons. The largest absolute Gasteiger partial charge is 0.374 e. The summed E-state index contributed by atoms with van der Waals surface area (Å²) < 4.78 is 5.76. The smallest absolute Gasteiger partial charge is 0.0672 e. The fourth-order valence-electron chi connectivity index (χ4n) is 1.51. The molecule has 1 aliphatic heterocycles. The summed E-state index contributed by atoms with van der Waals surface area (Å²) in [5.41, 5.74) is 5.49. The topological polar surface area (TPSA) is 47.3 Å². The molecule has 0 aromatic rings. The standard InChI is InChI=1S/C9H20N2O/c1-8(7-10)12-9-3-2-5-11-6-4-9/h8-9,11H,2-7,10H2,1H3. The molecular formula is C9H20N2O. The van der Waals surface area contributed by atoms with E-state index in [0.29, 0.717) is 12.6 Å². The van der Waals surface area contributed by atoms with Gasteiger partial charge in [-0.05, 0) is 39.3 Å². The lowest BCUT2D eigenvalue weighted by atomic mass is 10.1. The van der Waals surface area contributed by atoms with E-state index >= 15 is 0 Å². The lowest BCUT2D eigenvalue weighted by Gasteiger charge is -2.19. The predicted molar refractivity (Wildman–Crippen MR) is 50.1 cm³/mol. The second-order valence-electron chi connectivity index (χ2n) is 3.49. The molecule has 0 aliphatic carbocycles. The zero-order valence-electron chi connectivity index (χ0n) is 7.88. The minimum Gasteiger partial charge on any atom is -0.374 e. The minimum atomic E-state index is 0.216. The molecule has 0 amide bonds. The molecule has 1 fully saturated rings. The summed E-state index contributed by atoms with van der Waals surface area (Å²) in [5, 5.41) is 3.36. The molecule has 0 bridgehead atoms. The monoisotopic (exact) mass is 172 g/mol. The Morgan fingerprint density at radius 2 is 2.33 bits per heavy atom. The zero-order valence-corrected chi connectivity index (χ0v) is 7.88. The maximum absolute atomic E-state index is 5.76. The Morgan fingerprint density at radius 1 is 1.50 bits per heavy atom. The first-order valence-corrected chi connectivity index (χ1v) is 4.89. The quantitative estimate of drug-likeness (QED) is 0.651. The van der Waals surface area contributed by atoms with E-state index in [1.54, 1.807) is 0 Å². The van der Waals surface area contributed by atoms with Crippen molar-refractivity contribution < 1.29 is 4.74 Å². The number of nitrogens with two attached hydrogens (primary N) is 1. The van der Waals surface area contributed by atoms with Gasteiger partial charge in [0.15, 0.2) is 0 Å². The van der Waals surface area contributed by atoms with E-state index in [-0.39, 0.29) is 6.10 Å². The predicted octanol–water partition coefficient (Wildman–Crippen LogP) is 0.492. The van der Waals surface area contributed by atoms with Gasteiger partial charge >= 0.3 is 0 Å². The van der Waals surface area contributed by atoms with Gasteiger partial charge in [-0.3, -0.25) is 0 Å². The van der Waals surface area contributed by atoms with Crippen molar-refractivity contribution in [1.82, 2.24) is 5.32 Å². The van der Waals surface area contributed by atoms with E-state index in [0.717, 1.165) is 19.5 Å². The summed E-state index contributed by atoms with van der Waals surface area (Å²) in [5.74, 6) is 0. The molecule has 1 heterocycles. The van der Waals surface area contributed by atoms with Crippen molar-refractivity contribution in [3.05, 3.63) is 0 Å². The maximum Gasteiger partial charge on any atom is 0.0672 e. The average molecular weight is 172 g/mol. The molecular weight excluding hydrogens is 152 g/mol. The fourth-order valence-corrected chi connectivity index (χ4v) is 1.51. The van der Waals surface area contributed by atoms with Gasteiger partial charge in [-0.15, -0.1) is 0 Å². The van der Waals surface area contributed by atoms with Crippen LogP contribution in [0.3, 0.4) is 0 Å². The van der Waals surface area contributed by atoms with Crippen molar-refractivity contribution in [3.8, 4) is 0 Å². The van der Waals surface area contributed by atoms with Crippen LogP contribution >= 0.6 is 0 Å². The van der Waals surface area contributed by atoms with Crippen LogP contribution in [0.1, 0.15) is 26.2 Å². The molecule has 0 aromatic heterocycles. The third kappa shape index (κ3) is 3.52. The van der Waals surface area contributed by atoms with Crippen LogP contribution in [0.2, 0.25) is 0 Å². The Kier molecular flexibility index (Phi) is 4.58. The van der Waals surface area contributed by atoms with Crippen molar-refractivity contribution in [2.75, 3.05) is 19.6 Å². The van der Waals surface area contributed by atoms with Crippen LogP contribution in [0.4, 0.5) is 0 Å². The molecule has 0 spiro atoms. The normalized spacial score (nSPS) is 28.0. The summed E-state index contributed by atoms with van der Waals surface area (Å²) in [6, 6.07) is 0. The maximum atomic E-state index is 5.76. The summed E-state index contributed by atoms with van der Waals surface area (Å²) in [6.07, 6.45) is 4.18. The van der Waals surface area contributed by atoms with Gasteiger partial charge in [-0.1, -0.05) is 0 Å². The Hall–Kier alpha value is -0.120. The second kappa shape index (κ2) is 5.51. The summed E-state index contributed by atoms with van der Waals surface area (Å²) in [7, 11) is 0. The van der Waals surface area contributed by atoms with E-state index < -0.39 is 0 Å². The van der Waals surface area contributed by atoms with Crippen LogP contribution in [0.15, 0.2) is 0 Å². The number of hydrogen-bond acceptors (Lipinski definition) is 3. The van der Waals surface area contributed by atoms with E-state index in [1.165, 1.54) is 12.8 Å². The molecule has 0 saturated carbocycles. The lowest BCUT2D eigenvalue weighted by molar-refractivity contribution is -0.00305. The van der Waals surface area contributed by atoms with Gasteiger partial charge in [-0.25, -0.2) is 0 Å². The Labute approximate surface area is 74.7 Å². The highest BCUT2D eigenvalue weighted by molar-refractivity contribution is 4.67. The third-order valence-corrected chi connectivity index (χ3v) is 2.28. The third-order valence-electron chi connectivity index (χ3n) is 2.28. The Bertz CT molecular complexity index is 111. The first kappa shape index (κ1) is 9.96. The fraction of sp³-hybridized carbons (Fsp3) is 1.00. The molecule has 12 heavy (non-hydrogen) atoms. The van der Waals surface area contributed by atoms with Crippen LogP contribution < -0.4 is 11.1 Å². The van der Waals surface area contributed by atoms with Crippen molar-refractivity contribution in [3.63, 3.8) is 0 Å². The Balaban J connectivity index is 2.20. The first-order chi connectivity index (χ1) is 5.83. The van der Waals surface area contributed by atoms with Crippen molar-refractivity contribution in [2.45, 2.75) is 38.4 Å². The van der Waals surface area contributed by atoms with E-state index in [1.807, 2.05) is 6.92 Å². The summed E-state index contributed by atoms with van der Waals surface area (Å²) in [4.78, 5) is 0. The van der Waals surface area contributed by atoms with Crippen LogP contribution in [0.5, 0.6) is 0 Å². The van der Waals surface area contributed by atoms with Crippen molar-refractivity contribution >= 4 is 0 Å². The second-order valence-corrected chi connectivity index (χ2v) is 3.49. The van der Waals surface area contributed by atoms with E-state index in [4.69, 9.17) is 10.5 Å². The van der Waals surface area contributed by atoms with Gasteiger partial charge in [0.1, 0.15) is 0 Å². The highest BCUT2D eigenvalue weighted by atomic mass is 16.5. The molecule has 1 rings (SSSR count). The Morgan fingerprint density at radius 3 is 3.08 bits per heavy atom. The minimum absolute atomic E-state index is 0.216. The molecule has 0 radical (unpaired) electrons. The zero-order chi connectivity index (χ0) is 8.81. The summed E-state index contributed by atoms with van der Waals surface area (Å²) in [6.45, 7) is 4.89. The van der Waals surface area contributed by atoms with Crippen molar-refractivity contribution in [1.29, 1.82) is 0 Å². The molecule has 3 N–H and O–H groups in total. The highest BCUT2D eigenvalue weighted by Gasteiger charge is 2.14. The molecule has 1 saturated heterocycles. The van der Waals surface area contributed by atoms with Gasteiger partial charge < -0.3 is 15.8 Å². The first-order valence-electron chi connectivity index (χ1n) is 4.89. The lowest BCUT2D eigenvalue weighted by Crippen LogP contribution is -2.27. The number of nitrogens with one attached hydrogen (secondary N) is 1. The SMILES string of the molecule is CC(CN)OC1CCCNCC1.